The monoisotopic (exact) mass is 430 g/mol. The lowest BCUT2D eigenvalue weighted by Crippen LogP contribution is -2.36. The topological polar surface area (TPSA) is 60.7 Å². The lowest BCUT2D eigenvalue weighted by atomic mass is 9.60. The quantitative estimate of drug-likeness (QED) is 0.488. The van der Waals surface area contributed by atoms with E-state index in [2.05, 4.69) is 32.6 Å². The van der Waals surface area contributed by atoms with Crippen molar-refractivity contribution in [3.63, 3.8) is 0 Å². The molecule has 0 aromatic carbocycles. The molecule has 3 aliphatic rings. The lowest BCUT2D eigenvalue weighted by Gasteiger charge is -2.44. The van der Waals surface area contributed by atoms with E-state index in [9.17, 15) is 15.3 Å². The summed E-state index contributed by atoms with van der Waals surface area (Å²) in [6.07, 6.45) is 13.4. The fraction of sp³-hybridized carbons (Fsp3) is 0.786. The first-order valence-corrected chi connectivity index (χ1v) is 12.6. The van der Waals surface area contributed by atoms with E-state index in [1.165, 1.54) is 32.1 Å². The third-order valence-electron chi connectivity index (χ3n) is 8.97. The highest BCUT2D eigenvalue weighted by Crippen LogP contribution is 2.60. The van der Waals surface area contributed by atoms with Crippen LogP contribution in [0.25, 0.3) is 0 Å². The van der Waals surface area contributed by atoms with Crippen LogP contribution < -0.4 is 0 Å². The van der Waals surface area contributed by atoms with Crippen LogP contribution in [-0.2, 0) is 0 Å². The summed E-state index contributed by atoms with van der Waals surface area (Å²) in [6.45, 7) is 14.8. The van der Waals surface area contributed by atoms with Crippen LogP contribution in [0.4, 0.5) is 0 Å². The Morgan fingerprint density at radius 1 is 1.23 bits per heavy atom. The average molecular weight is 431 g/mol. The van der Waals surface area contributed by atoms with Crippen LogP contribution in [-0.4, -0.2) is 33.1 Å². The number of fused-ring (bicyclic) bond motifs is 1. The number of aliphatic hydroxyl groups excluding tert-OH is 2. The maximum absolute atomic E-state index is 10.4. The van der Waals surface area contributed by atoms with Gasteiger partial charge in [0.1, 0.15) is 0 Å². The summed E-state index contributed by atoms with van der Waals surface area (Å²) in [5.74, 6) is 1.94. The largest absolute Gasteiger partial charge is 0.392 e. The molecule has 0 heterocycles. The molecule has 176 valence electrons. The molecule has 3 saturated carbocycles. The molecule has 3 aliphatic carbocycles. The normalized spacial score (nSPS) is 40.4. The van der Waals surface area contributed by atoms with E-state index in [1.807, 2.05) is 20.8 Å². The summed E-state index contributed by atoms with van der Waals surface area (Å²) in [4.78, 5) is 0. The molecule has 3 rings (SSSR count). The second-order valence-electron chi connectivity index (χ2n) is 11.8. The minimum Gasteiger partial charge on any atom is -0.392 e. The molecule has 3 N–H and O–H groups in total. The number of rotatable bonds is 6. The fourth-order valence-electron chi connectivity index (χ4n) is 6.91. The second-order valence-corrected chi connectivity index (χ2v) is 11.8. The molecular formula is C28H46O3. The third-order valence-corrected chi connectivity index (χ3v) is 8.97. The maximum atomic E-state index is 10.4. The first kappa shape index (κ1) is 24.7. The third kappa shape index (κ3) is 5.37. The maximum Gasteiger partial charge on any atom is 0.0837 e. The molecule has 0 aromatic rings. The Labute approximate surface area is 190 Å². The van der Waals surface area contributed by atoms with E-state index in [1.54, 1.807) is 5.57 Å². The van der Waals surface area contributed by atoms with Crippen molar-refractivity contribution in [3.8, 4) is 0 Å². The summed E-state index contributed by atoms with van der Waals surface area (Å²) in [5.41, 5.74) is 3.15. The van der Waals surface area contributed by atoms with Gasteiger partial charge in [0, 0.05) is 5.92 Å². The van der Waals surface area contributed by atoms with Crippen LogP contribution in [0.2, 0.25) is 0 Å². The van der Waals surface area contributed by atoms with Crippen LogP contribution in [0, 0.1) is 29.1 Å². The highest BCUT2D eigenvalue weighted by molar-refractivity contribution is 5.39. The Balaban J connectivity index is 1.71. The predicted octanol–water partition coefficient (Wildman–Crippen LogP) is 5.95. The Morgan fingerprint density at radius 2 is 1.94 bits per heavy atom. The summed E-state index contributed by atoms with van der Waals surface area (Å²) >= 11 is 0. The Morgan fingerprint density at radius 3 is 2.61 bits per heavy atom. The molecule has 7 atom stereocenters. The fourth-order valence-corrected chi connectivity index (χ4v) is 6.91. The van der Waals surface area contributed by atoms with Gasteiger partial charge < -0.3 is 15.3 Å². The van der Waals surface area contributed by atoms with Crippen LogP contribution >= 0.6 is 0 Å². The van der Waals surface area contributed by atoms with Gasteiger partial charge in [0.15, 0.2) is 0 Å². The highest BCUT2D eigenvalue weighted by Gasteiger charge is 2.50. The Hall–Kier alpha value is -0.900. The number of allylic oxidation sites excluding steroid dienone is 3. The zero-order valence-electron chi connectivity index (χ0n) is 20.5. The molecule has 0 saturated heterocycles. The summed E-state index contributed by atoms with van der Waals surface area (Å²) < 4.78 is 0. The van der Waals surface area contributed by atoms with Crippen LogP contribution in [0.15, 0.2) is 35.5 Å². The molecule has 0 aromatic heterocycles. The minimum absolute atomic E-state index is 0.149. The van der Waals surface area contributed by atoms with Gasteiger partial charge >= 0.3 is 0 Å². The number of hydrogen-bond acceptors (Lipinski definition) is 3. The zero-order valence-corrected chi connectivity index (χ0v) is 20.5. The van der Waals surface area contributed by atoms with Crippen LogP contribution in [0.3, 0.4) is 0 Å². The lowest BCUT2D eigenvalue weighted by molar-refractivity contribution is 0.0283. The van der Waals surface area contributed by atoms with Crippen molar-refractivity contribution in [1.29, 1.82) is 0 Å². The van der Waals surface area contributed by atoms with Crippen molar-refractivity contribution in [2.75, 3.05) is 0 Å². The highest BCUT2D eigenvalue weighted by atomic mass is 16.3. The zero-order chi connectivity index (χ0) is 23.0. The summed E-state index contributed by atoms with van der Waals surface area (Å²) in [6, 6.07) is 0. The van der Waals surface area contributed by atoms with Crippen molar-refractivity contribution < 1.29 is 15.3 Å². The van der Waals surface area contributed by atoms with Crippen molar-refractivity contribution in [2.24, 2.45) is 29.1 Å². The number of aliphatic hydroxyl groups is 3. The smallest absolute Gasteiger partial charge is 0.0837 e. The molecule has 0 radical (unpaired) electrons. The minimum atomic E-state index is -0.648. The molecule has 0 amide bonds. The van der Waals surface area contributed by atoms with E-state index in [-0.39, 0.29) is 5.92 Å². The summed E-state index contributed by atoms with van der Waals surface area (Å²) in [5, 5.41) is 30.7. The predicted molar refractivity (Wildman–Crippen MR) is 129 cm³/mol. The van der Waals surface area contributed by atoms with Crippen molar-refractivity contribution in [2.45, 2.75) is 110 Å². The Kier molecular flexibility index (Phi) is 7.61. The Bertz CT molecular complexity index is 712. The average Bonchev–Trinajstić information content (AvgIpc) is 3.04. The first-order chi connectivity index (χ1) is 14.4. The van der Waals surface area contributed by atoms with Gasteiger partial charge in [-0.25, -0.2) is 0 Å². The standard InChI is InChI=1S/C28H46O3/c1-18(9-7-15-27(4,5)31)23-13-14-24-21(10-8-16-28(23,24)6)11-12-22-17-25(29)20(3)26(30)19(22)2/h11-12,18,20,23-26,29-31H,2,7-10,13-17H2,1,3-6H3/b21-11+,22-12-/t18-,20+,23+,24?,25+,26+,28+/m0/s1. The van der Waals surface area contributed by atoms with Gasteiger partial charge in [-0.05, 0) is 93.1 Å². The molecule has 3 nitrogen and oxygen atoms in total. The van der Waals surface area contributed by atoms with E-state index in [0.29, 0.717) is 23.7 Å². The molecule has 31 heavy (non-hydrogen) atoms. The van der Waals surface area contributed by atoms with Crippen molar-refractivity contribution in [1.82, 2.24) is 0 Å². The first-order valence-electron chi connectivity index (χ1n) is 12.6. The van der Waals surface area contributed by atoms with Gasteiger partial charge in [0.25, 0.3) is 0 Å². The van der Waals surface area contributed by atoms with Crippen LogP contribution in [0.1, 0.15) is 92.4 Å². The molecule has 0 bridgehead atoms. The molecule has 3 heteroatoms. The molecule has 0 spiro atoms. The van der Waals surface area contributed by atoms with Gasteiger partial charge in [-0.3, -0.25) is 0 Å². The molecular weight excluding hydrogens is 384 g/mol. The molecule has 3 fully saturated rings. The summed E-state index contributed by atoms with van der Waals surface area (Å²) in [7, 11) is 0. The van der Waals surface area contributed by atoms with Gasteiger partial charge in [0.05, 0.1) is 17.8 Å². The SMILES string of the molecule is C=C1/C(=C\C=C2/CCC[C@@]3(C)C2CC[C@@H]3[C@@H](C)CCCC(C)(C)O)C[C@@H](O)[C@@H](C)[C@@H]1O. The van der Waals surface area contributed by atoms with Crippen molar-refractivity contribution in [3.05, 3.63) is 35.5 Å². The van der Waals surface area contributed by atoms with Crippen molar-refractivity contribution >= 4 is 0 Å². The van der Waals surface area contributed by atoms with Crippen LogP contribution in [0.5, 0.6) is 0 Å². The van der Waals surface area contributed by atoms with Gasteiger partial charge in [-0.15, -0.1) is 0 Å². The van der Waals surface area contributed by atoms with Gasteiger partial charge in [-0.2, -0.15) is 0 Å². The van der Waals surface area contributed by atoms with E-state index in [0.717, 1.165) is 36.3 Å². The van der Waals surface area contributed by atoms with Gasteiger partial charge in [-0.1, -0.05) is 57.9 Å². The van der Waals surface area contributed by atoms with E-state index >= 15 is 0 Å². The molecule has 0 aliphatic heterocycles. The van der Waals surface area contributed by atoms with Gasteiger partial charge in [0.2, 0.25) is 0 Å². The molecule has 1 unspecified atom stereocenters. The second kappa shape index (κ2) is 9.53. The number of hydrogen-bond donors (Lipinski definition) is 3. The van der Waals surface area contributed by atoms with E-state index < -0.39 is 17.8 Å². The van der Waals surface area contributed by atoms with E-state index in [4.69, 9.17) is 0 Å².